The lowest BCUT2D eigenvalue weighted by Crippen LogP contribution is -1.86. The molecule has 1 rings (SSSR count). The topological polar surface area (TPSA) is 23.9 Å². The van der Waals surface area contributed by atoms with Gasteiger partial charge in [0, 0.05) is 5.56 Å². The van der Waals surface area contributed by atoms with Crippen molar-refractivity contribution in [3.05, 3.63) is 35.4 Å². The van der Waals surface area contributed by atoms with Gasteiger partial charge in [-0.3, -0.25) is 5.41 Å². The predicted octanol–water partition coefficient (Wildman–Crippen LogP) is 2.56. The number of hydrogen-bond acceptors (Lipinski definition) is 1. The standard InChI is InChI=1S/C8H8ClN/c1-6-2-4-7(5-3-6)8(9)10/h2-5,10H,1H3. The molecule has 0 saturated heterocycles. The highest BCUT2D eigenvalue weighted by Gasteiger charge is 1.93. The van der Waals surface area contributed by atoms with Crippen molar-refractivity contribution in [1.82, 2.24) is 0 Å². The minimum Gasteiger partial charge on any atom is -0.289 e. The van der Waals surface area contributed by atoms with Gasteiger partial charge >= 0.3 is 0 Å². The number of aryl methyl sites for hydroxylation is 1. The Labute approximate surface area is 65.1 Å². The zero-order valence-corrected chi connectivity index (χ0v) is 6.44. The molecule has 0 saturated carbocycles. The Kier molecular flexibility index (Phi) is 2.07. The molecule has 0 aromatic heterocycles. The van der Waals surface area contributed by atoms with Crippen molar-refractivity contribution in [3.8, 4) is 0 Å². The fourth-order valence-corrected chi connectivity index (χ4v) is 0.826. The van der Waals surface area contributed by atoms with E-state index in [2.05, 4.69) is 0 Å². The summed E-state index contributed by atoms with van der Waals surface area (Å²) in [6, 6.07) is 7.55. The molecule has 1 aromatic rings. The maximum Gasteiger partial charge on any atom is 0.128 e. The minimum atomic E-state index is 0.0972. The van der Waals surface area contributed by atoms with Gasteiger partial charge in [0.2, 0.25) is 0 Å². The molecule has 0 spiro atoms. The maximum atomic E-state index is 7.07. The molecule has 0 amide bonds. The van der Waals surface area contributed by atoms with Gasteiger partial charge in [0.25, 0.3) is 0 Å². The van der Waals surface area contributed by atoms with Crippen molar-refractivity contribution in [2.75, 3.05) is 0 Å². The molecular formula is C8H8ClN. The molecule has 0 bridgehead atoms. The van der Waals surface area contributed by atoms with Crippen LogP contribution in [0.25, 0.3) is 0 Å². The van der Waals surface area contributed by atoms with Crippen LogP contribution in [0.4, 0.5) is 0 Å². The summed E-state index contributed by atoms with van der Waals surface area (Å²) in [5.74, 6) is 0. The largest absolute Gasteiger partial charge is 0.289 e. The second-order valence-corrected chi connectivity index (χ2v) is 2.56. The highest BCUT2D eigenvalue weighted by molar-refractivity contribution is 6.68. The van der Waals surface area contributed by atoms with Crippen molar-refractivity contribution in [2.24, 2.45) is 0 Å². The second kappa shape index (κ2) is 2.84. The first-order chi connectivity index (χ1) is 4.70. The summed E-state index contributed by atoms with van der Waals surface area (Å²) >= 11 is 5.44. The van der Waals surface area contributed by atoms with Crippen LogP contribution < -0.4 is 0 Å². The fourth-order valence-electron chi connectivity index (χ4n) is 0.700. The molecule has 0 fully saturated rings. The SMILES string of the molecule is Cc1ccc(C(=N)Cl)cc1. The first-order valence-corrected chi connectivity index (χ1v) is 3.39. The van der Waals surface area contributed by atoms with Gasteiger partial charge in [-0.15, -0.1) is 0 Å². The van der Waals surface area contributed by atoms with Crippen LogP contribution in [0.15, 0.2) is 24.3 Å². The molecule has 1 aromatic carbocycles. The van der Waals surface area contributed by atoms with Crippen molar-refractivity contribution in [3.63, 3.8) is 0 Å². The van der Waals surface area contributed by atoms with Crippen LogP contribution in [-0.2, 0) is 0 Å². The maximum absolute atomic E-state index is 7.07. The molecule has 0 aliphatic rings. The van der Waals surface area contributed by atoms with Crippen LogP contribution in [-0.4, -0.2) is 5.17 Å². The minimum absolute atomic E-state index is 0.0972. The van der Waals surface area contributed by atoms with Gasteiger partial charge in [-0.05, 0) is 6.92 Å². The number of halogens is 1. The molecule has 52 valence electrons. The summed E-state index contributed by atoms with van der Waals surface area (Å²) in [6.07, 6.45) is 0. The molecular weight excluding hydrogens is 146 g/mol. The fraction of sp³-hybridized carbons (Fsp3) is 0.125. The van der Waals surface area contributed by atoms with Gasteiger partial charge in [-0.1, -0.05) is 41.4 Å². The monoisotopic (exact) mass is 153 g/mol. The number of benzene rings is 1. The van der Waals surface area contributed by atoms with Gasteiger partial charge < -0.3 is 0 Å². The third-order valence-corrected chi connectivity index (χ3v) is 1.52. The van der Waals surface area contributed by atoms with E-state index in [4.69, 9.17) is 17.0 Å². The smallest absolute Gasteiger partial charge is 0.128 e. The quantitative estimate of drug-likeness (QED) is 0.600. The Morgan fingerprint density at radius 3 is 2.20 bits per heavy atom. The van der Waals surface area contributed by atoms with Crippen molar-refractivity contribution < 1.29 is 0 Å². The van der Waals surface area contributed by atoms with E-state index >= 15 is 0 Å². The second-order valence-electron chi connectivity index (χ2n) is 2.18. The molecule has 1 N–H and O–H groups in total. The summed E-state index contributed by atoms with van der Waals surface area (Å²) in [7, 11) is 0. The first-order valence-electron chi connectivity index (χ1n) is 3.01. The summed E-state index contributed by atoms with van der Waals surface area (Å²) < 4.78 is 0. The Bertz CT molecular complexity index is 238. The van der Waals surface area contributed by atoms with Crippen LogP contribution in [0.3, 0.4) is 0 Å². The molecule has 0 heterocycles. The van der Waals surface area contributed by atoms with E-state index in [0.717, 1.165) is 5.56 Å². The van der Waals surface area contributed by atoms with E-state index in [1.807, 2.05) is 31.2 Å². The van der Waals surface area contributed by atoms with E-state index in [1.54, 1.807) is 0 Å². The van der Waals surface area contributed by atoms with E-state index < -0.39 is 0 Å². The molecule has 0 aliphatic carbocycles. The molecule has 10 heavy (non-hydrogen) atoms. The lowest BCUT2D eigenvalue weighted by atomic mass is 10.2. The molecule has 1 nitrogen and oxygen atoms in total. The van der Waals surface area contributed by atoms with Crippen molar-refractivity contribution >= 4 is 16.8 Å². The summed E-state index contributed by atoms with van der Waals surface area (Å²) in [6.45, 7) is 2.00. The van der Waals surface area contributed by atoms with Crippen LogP contribution in [0.2, 0.25) is 0 Å². The summed E-state index contributed by atoms with van der Waals surface area (Å²) in [5, 5.41) is 7.17. The lowest BCUT2D eigenvalue weighted by molar-refractivity contribution is 1.45. The van der Waals surface area contributed by atoms with Gasteiger partial charge in [0.05, 0.1) is 0 Å². The first kappa shape index (κ1) is 7.29. The number of nitrogens with one attached hydrogen (secondary N) is 1. The average Bonchev–Trinajstić information content (AvgIpc) is 1.88. The van der Waals surface area contributed by atoms with Crippen molar-refractivity contribution in [1.29, 1.82) is 5.41 Å². The molecule has 0 atom stereocenters. The molecule has 0 radical (unpaired) electrons. The zero-order chi connectivity index (χ0) is 7.56. The van der Waals surface area contributed by atoms with Crippen LogP contribution in [0, 0.1) is 12.3 Å². The van der Waals surface area contributed by atoms with Crippen LogP contribution >= 0.6 is 11.6 Å². The van der Waals surface area contributed by atoms with Gasteiger partial charge in [0.1, 0.15) is 5.17 Å². The van der Waals surface area contributed by atoms with Gasteiger partial charge in [-0.25, -0.2) is 0 Å². The Hall–Kier alpha value is -0.820. The predicted molar refractivity (Wildman–Crippen MR) is 43.9 cm³/mol. The lowest BCUT2D eigenvalue weighted by Gasteiger charge is -1.94. The molecule has 0 aliphatic heterocycles. The van der Waals surface area contributed by atoms with Gasteiger partial charge in [-0.2, -0.15) is 0 Å². The number of rotatable bonds is 1. The van der Waals surface area contributed by atoms with Crippen molar-refractivity contribution in [2.45, 2.75) is 6.92 Å². The summed E-state index contributed by atoms with van der Waals surface area (Å²) in [4.78, 5) is 0. The van der Waals surface area contributed by atoms with Gasteiger partial charge in [0.15, 0.2) is 0 Å². The highest BCUT2D eigenvalue weighted by Crippen LogP contribution is 2.05. The van der Waals surface area contributed by atoms with E-state index in [9.17, 15) is 0 Å². The Morgan fingerprint density at radius 1 is 1.30 bits per heavy atom. The van der Waals surface area contributed by atoms with E-state index in [-0.39, 0.29) is 5.17 Å². The van der Waals surface area contributed by atoms with Crippen LogP contribution in [0.1, 0.15) is 11.1 Å². The summed E-state index contributed by atoms with van der Waals surface area (Å²) in [5.41, 5.74) is 1.95. The third-order valence-electron chi connectivity index (χ3n) is 1.31. The van der Waals surface area contributed by atoms with E-state index in [0.29, 0.717) is 0 Å². The normalized spacial score (nSPS) is 9.40. The van der Waals surface area contributed by atoms with Crippen LogP contribution in [0.5, 0.6) is 0 Å². The zero-order valence-electron chi connectivity index (χ0n) is 5.69. The number of hydrogen-bond donors (Lipinski definition) is 1. The molecule has 2 heteroatoms. The Balaban J connectivity index is 3.00. The van der Waals surface area contributed by atoms with E-state index in [1.165, 1.54) is 5.56 Å². The highest BCUT2D eigenvalue weighted by atomic mass is 35.5. The average molecular weight is 154 g/mol. The Morgan fingerprint density at radius 2 is 1.80 bits per heavy atom. The third kappa shape index (κ3) is 1.58. The molecule has 0 unspecified atom stereocenters.